The van der Waals surface area contributed by atoms with Crippen LogP contribution in [0.4, 0.5) is 5.82 Å². The monoisotopic (exact) mass is 406 g/mol. The molecular formula is C24H30N4O2. The third kappa shape index (κ3) is 4.36. The van der Waals surface area contributed by atoms with Crippen molar-refractivity contribution in [2.45, 2.75) is 50.9 Å². The fourth-order valence-electron chi connectivity index (χ4n) is 4.75. The van der Waals surface area contributed by atoms with Crippen molar-refractivity contribution >= 4 is 5.82 Å². The van der Waals surface area contributed by atoms with Gasteiger partial charge in [-0.1, -0.05) is 25.3 Å². The van der Waals surface area contributed by atoms with Crippen LogP contribution in [0.5, 0.6) is 11.5 Å². The lowest BCUT2D eigenvalue weighted by molar-refractivity contribution is 0.209. The summed E-state index contributed by atoms with van der Waals surface area (Å²) in [5.41, 5.74) is 8.69. The van der Waals surface area contributed by atoms with Gasteiger partial charge in [-0.05, 0) is 74.4 Å². The van der Waals surface area contributed by atoms with E-state index in [-0.39, 0.29) is 17.5 Å². The van der Waals surface area contributed by atoms with Crippen molar-refractivity contribution in [3.63, 3.8) is 0 Å². The number of aromatic nitrogens is 1. The third-order valence-corrected chi connectivity index (χ3v) is 6.43. The zero-order valence-electron chi connectivity index (χ0n) is 17.4. The standard InChI is InChI=1S/C24H30N4O2/c25-14-19-18(17-9-11-27-12-10-17)13-20(28-24(19)26)23-21(29)7-4-8-22(23)30-15-16-5-2-1-3-6-16/h4,7-8,13,16-17,27,29H,1-3,5-6,9-12,15H2,(H2,26,28). The number of nitrogens with zero attached hydrogens (tertiary/aromatic N) is 2. The number of nitrogens with one attached hydrogen (secondary N) is 1. The number of anilines is 1. The van der Waals surface area contributed by atoms with Gasteiger partial charge in [0, 0.05) is 0 Å². The molecule has 0 amide bonds. The van der Waals surface area contributed by atoms with E-state index in [0.29, 0.717) is 35.1 Å². The molecule has 2 heterocycles. The number of rotatable bonds is 5. The van der Waals surface area contributed by atoms with Crippen LogP contribution in [-0.4, -0.2) is 29.8 Å². The maximum atomic E-state index is 10.7. The number of phenols is 1. The number of benzene rings is 1. The maximum Gasteiger partial charge on any atom is 0.142 e. The highest BCUT2D eigenvalue weighted by Gasteiger charge is 2.24. The molecule has 4 rings (SSSR count). The number of nitrogen functional groups attached to an aromatic ring is 1. The summed E-state index contributed by atoms with van der Waals surface area (Å²) in [5, 5.41) is 23.7. The first-order valence-electron chi connectivity index (χ1n) is 11.0. The molecule has 0 radical (unpaired) electrons. The van der Waals surface area contributed by atoms with Gasteiger partial charge in [-0.2, -0.15) is 5.26 Å². The molecular weight excluding hydrogens is 376 g/mol. The molecule has 6 heteroatoms. The topological polar surface area (TPSA) is 104 Å². The molecule has 2 aliphatic rings. The summed E-state index contributed by atoms with van der Waals surface area (Å²) in [4.78, 5) is 4.49. The van der Waals surface area contributed by atoms with Gasteiger partial charge in [0.15, 0.2) is 0 Å². The zero-order valence-corrected chi connectivity index (χ0v) is 17.4. The summed E-state index contributed by atoms with van der Waals surface area (Å²) in [6, 6.07) is 9.46. The molecule has 2 aromatic rings. The Morgan fingerprint density at radius 3 is 2.67 bits per heavy atom. The van der Waals surface area contributed by atoms with Crippen molar-refractivity contribution in [1.29, 1.82) is 5.26 Å². The molecule has 6 nitrogen and oxygen atoms in total. The number of phenolic OH excluding ortho intramolecular Hbond substituents is 1. The highest BCUT2D eigenvalue weighted by Crippen LogP contribution is 2.40. The second-order valence-electron chi connectivity index (χ2n) is 8.46. The van der Waals surface area contributed by atoms with Crippen LogP contribution in [0.3, 0.4) is 0 Å². The van der Waals surface area contributed by atoms with Crippen LogP contribution in [0, 0.1) is 17.2 Å². The Balaban J connectivity index is 1.69. The van der Waals surface area contributed by atoms with Crippen molar-refractivity contribution < 1.29 is 9.84 Å². The van der Waals surface area contributed by atoms with E-state index in [4.69, 9.17) is 10.5 Å². The first-order valence-corrected chi connectivity index (χ1v) is 11.0. The molecule has 1 aromatic heterocycles. The lowest BCUT2D eigenvalue weighted by Gasteiger charge is -2.25. The highest BCUT2D eigenvalue weighted by molar-refractivity contribution is 5.76. The molecule has 0 unspecified atom stereocenters. The first-order chi connectivity index (χ1) is 14.7. The Bertz CT molecular complexity index is 926. The van der Waals surface area contributed by atoms with Crippen LogP contribution in [0.1, 0.15) is 62.0 Å². The normalized spacial score (nSPS) is 18.1. The summed E-state index contributed by atoms with van der Waals surface area (Å²) in [6.45, 7) is 2.47. The molecule has 1 aliphatic heterocycles. The Labute approximate surface area is 178 Å². The lowest BCUT2D eigenvalue weighted by Crippen LogP contribution is -2.27. The number of pyridine rings is 1. The number of hydrogen-bond donors (Lipinski definition) is 3. The van der Waals surface area contributed by atoms with Crippen LogP contribution >= 0.6 is 0 Å². The van der Waals surface area contributed by atoms with Crippen molar-refractivity contribution in [3.05, 3.63) is 35.4 Å². The van der Waals surface area contributed by atoms with Gasteiger partial charge in [0.05, 0.1) is 23.4 Å². The smallest absolute Gasteiger partial charge is 0.142 e. The summed E-state index contributed by atoms with van der Waals surface area (Å²) in [6.07, 6.45) is 8.10. The highest BCUT2D eigenvalue weighted by atomic mass is 16.5. The van der Waals surface area contributed by atoms with Gasteiger partial charge in [0.25, 0.3) is 0 Å². The largest absolute Gasteiger partial charge is 0.507 e. The summed E-state index contributed by atoms with van der Waals surface area (Å²) in [5.74, 6) is 1.75. The number of hydrogen-bond acceptors (Lipinski definition) is 6. The summed E-state index contributed by atoms with van der Waals surface area (Å²) in [7, 11) is 0. The fraction of sp³-hybridized carbons (Fsp3) is 0.500. The van der Waals surface area contributed by atoms with E-state index in [1.165, 1.54) is 32.1 Å². The molecule has 1 aromatic carbocycles. The van der Waals surface area contributed by atoms with Crippen LogP contribution < -0.4 is 15.8 Å². The Kier molecular flexibility index (Phi) is 6.39. The van der Waals surface area contributed by atoms with E-state index in [0.717, 1.165) is 31.5 Å². The molecule has 1 saturated heterocycles. The van der Waals surface area contributed by atoms with Crippen molar-refractivity contribution in [3.8, 4) is 28.8 Å². The van der Waals surface area contributed by atoms with Gasteiger partial charge in [0.2, 0.25) is 0 Å². The minimum absolute atomic E-state index is 0.115. The molecule has 0 bridgehead atoms. The van der Waals surface area contributed by atoms with Crippen molar-refractivity contribution in [1.82, 2.24) is 10.3 Å². The average Bonchev–Trinajstić information content (AvgIpc) is 2.78. The Morgan fingerprint density at radius 1 is 1.17 bits per heavy atom. The predicted molar refractivity (Wildman–Crippen MR) is 117 cm³/mol. The molecule has 1 aliphatic carbocycles. The summed E-state index contributed by atoms with van der Waals surface area (Å²) < 4.78 is 6.18. The fourth-order valence-corrected chi connectivity index (χ4v) is 4.75. The van der Waals surface area contributed by atoms with E-state index < -0.39 is 0 Å². The third-order valence-electron chi connectivity index (χ3n) is 6.43. The Morgan fingerprint density at radius 2 is 1.93 bits per heavy atom. The van der Waals surface area contributed by atoms with Gasteiger partial charge in [-0.3, -0.25) is 0 Å². The van der Waals surface area contributed by atoms with Gasteiger partial charge in [0.1, 0.15) is 23.4 Å². The number of nitrogens with two attached hydrogens (primary N) is 1. The molecule has 1 saturated carbocycles. The van der Waals surface area contributed by atoms with E-state index in [2.05, 4.69) is 16.4 Å². The van der Waals surface area contributed by atoms with Gasteiger partial charge in [-0.15, -0.1) is 0 Å². The van der Waals surface area contributed by atoms with Gasteiger partial charge >= 0.3 is 0 Å². The first kappa shape index (κ1) is 20.5. The SMILES string of the molecule is N#Cc1c(C2CCNCC2)cc(-c2c(O)cccc2OCC2CCCCC2)nc1N. The van der Waals surface area contributed by atoms with Gasteiger partial charge in [-0.25, -0.2) is 4.98 Å². The average molecular weight is 407 g/mol. The summed E-state index contributed by atoms with van der Waals surface area (Å²) >= 11 is 0. The number of ether oxygens (including phenoxy) is 1. The van der Waals surface area contributed by atoms with Crippen LogP contribution in [-0.2, 0) is 0 Å². The van der Waals surface area contributed by atoms with Crippen LogP contribution in [0.25, 0.3) is 11.3 Å². The van der Waals surface area contributed by atoms with E-state index >= 15 is 0 Å². The molecule has 2 fully saturated rings. The zero-order chi connectivity index (χ0) is 20.9. The maximum absolute atomic E-state index is 10.7. The lowest BCUT2D eigenvalue weighted by atomic mass is 9.86. The second-order valence-corrected chi connectivity index (χ2v) is 8.46. The van der Waals surface area contributed by atoms with Gasteiger partial charge < -0.3 is 20.9 Å². The van der Waals surface area contributed by atoms with E-state index in [9.17, 15) is 10.4 Å². The molecule has 0 spiro atoms. The number of piperidine rings is 1. The molecule has 0 atom stereocenters. The molecule has 4 N–H and O–H groups in total. The second kappa shape index (κ2) is 9.36. The van der Waals surface area contributed by atoms with E-state index in [1.54, 1.807) is 12.1 Å². The van der Waals surface area contributed by atoms with E-state index in [1.807, 2.05) is 12.1 Å². The Hall–Kier alpha value is -2.78. The molecule has 158 valence electrons. The number of nitriles is 1. The minimum Gasteiger partial charge on any atom is -0.507 e. The minimum atomic E-state index is 0.115. The van der Waals surface area contributed by atoms with Crippen LogP contribution in [0.2, 0.25) is 0 Å². The number of aromatic hydroxyl groups is 1. The predicted octanol–water partition coefficient (Wildman–Crippen LogP) is 4.33. The quantitative estimate of drug-likeness (QED) is 0.682. The molecule has 30 heavy (non-hydrogen) atoms. The van der Waals surface area contributed by atoms with Crippen LogP contribution in [0.15, 0.2) is 24.3 Å². The van der Waals surface area contributed by atoms with Crippen molar-refractivity contribution in [2.24, 2.45) is 5.92 Å². The van der Waals surface area contributed by atoms with Crippen molar-refractivity contribution in [2.75, 3.05) is 25.4 Å².